The molecule has 1 aromatic rings. The summed E-state index contributed by atoms with van der Waals surface area (Å²) in [6, 6.07) is 4.32. The second-order valence-electron chi connectivity index (χ2n) is 6.72. The maximum absolute atomic E-state index is 12.4. The fraction of sp³-hybridized carbons (Fsp3) is 0.500. The van der Waals surface area contributed by atoms with Gasteiger partial charge in [-0.1, -0.05) is 6.07 Å². The first-order valence-electron chi connectivity index (χ1n) is 7.94. The summed E-state index contributed by atoms with van der Waals surface area (Å²) in [5, 5.41) is 5.01. The van der Waals surface area contributed by atoms with Crippen LogP contribution < -0.4 is 21.1 Å². The molecule has 0 fully saturated rings. The SMILES string of the molecule is CSCC[C@@H](NC(N)=O)C(=O)Nc1cccc(S(=O)(=O)NC(C)(C)C)c1. The summed E-state index contributed by atoms with van der Waals surface area (Å²) in [4.78, 5) is 23.5. The monoisotopic (exact) mass is 402 g/mol. The minimum Gasteiger partial charge on any atom is -0.352 e. The van der Waals surface area contributed by atoms with Crippen molar-refractivity contribution in [3.8, 4) is 0 Å². The number of amides is 3. The Morgan fingerprint density at radius 3 is 2.46 bits per heavy atom. The molecule has 0 unspecified atom stereocenters. The summed E-state index contributed by atoms with van der Waals surface area (Å²) in [5.41, 5.74) is 4.79. The third-order valence-corrected chi connectivity index (χ3v) is 5.50. The summed E-state index contributed by atoms with van der Waals surface area (Å²) >= 11 is 1.53. The van der Waals surface area contributed by atoms with Crippen molar-refractivity contribution in [1.82, 2.24) is 10.0 Å². The molecule has 5 N–H and O–H groups in total. The lowest BCUT2D eigenvalue weighted by Crippen LogP contribution is -2.46. The summed E-state index contributed by atoms with van der Waals surface area (Å²) < 4.78 is 27.4. The van der Waals surface area contributed by atoms with Crippen molar-refractivity contribution >= 4 is 39.4 Å². The molecule has 0 aliphatic rings. The van der Waals surface area contributed by atoms with Gasteiger partial charge in [-0.05, 0) is 57.4 Å². The van der Waals surface area contributed by atoms with E-state index in [0.717, 1.165) is 0 Å². The normalized spacial score (nSPS) is 13.1. The number of carbonyl (C=O) groups excluding carboxylic acids is 2. The highest BCUT2D eigenvalue weighted by atomic mass is 32.2. The predicted molar refractivity (Wildman–Crippen MR) is 105 cm³/mol. The molecule has 1 rings (SSSR count). The number of carbonyl (C=O) groups is 2. The van der Waals surface area contributed by atoms with Crippen molar-refractivity contribution in [2.24, 2.45) is 5.73 Å². The number of thioether (sulfide) groups is 1. The average Bonchev–Trinajstić information content (AvgIpc) is 2.49. The molecule has 26 heavy (non-hydrogen) atoms. The Kier molecular flexibility index (Phi) is 7.91. The topological polar surface area (TPSA) is 130 Å². The van der Waals surface area contributed by atoms with Gasteiger partial charge in [-0.3, -0.25) is 4.79 Å². The molecule has 1 atom stereocenters. The highest BCUT2D eigenvalue weighted by Gasteiger charge is 2.23. The van der Waals surface area contributed by atoms with Crippen LogP contribution in [0.1, 0.15) is 27.2 Å². The van der Waals surface area contributed by atoms with E-state index >= 15 is 0 Å². The van der Waals surface area contributed by atoms with Crippen LogP contribution in [0.4, 0.5) is 10.5 Å². The number of nitrogens with one attached hydrogen (secondary N) is 3. The predicted octanol–water partition coefficient (Wildman–Crippen LogP) is 1.49. The first-order chi connectivity index (χ1) is 11.9. The van der Waals surface area contributed by atoms with E-state index in [-0.39, 0.29) is 4.90 Å². The number of hydrogen-bond acceptors (Lipinski definition) is 5. The number of rotatable bonds is 8. The van der Waals surface area contributed by atoms with Crippen LogP contribution >= 0.6 is 11.8 Å². The molecular weight excluding hydrogens is 376 g/mol. The van der Waals surface area contributed by atoms with E-state index in [0.29, 0.717) is 17.9 Å². The third kappa shape index (κ3) is 7.63. The van der Waals surface area contributed by atoms with Gasteiger partial charge in [0.1, 0.15) is 6.04 Å². The average molecular weight is 403 g/mol. The van der Waals surface area contributed by atoms with Crippen LogP contribution in [-0.4, -0.2) is 43.9 Å². The molecule has 0 radical (unpaired) electrons. The number of primary amides is 1. The van der Waals surface area contributed by atoms with Gasteiger partial charge in [-0.25, -0.2) is 17.9 Å². The van der Waals surface area contributed by atoms with Gasteiger partial charge in [0.2, 0.25) is 15.9 Å². The number of urea groups is 1. The summed E-state index contributed by atoms with van der Waals surface area (Å²) in [6.07, 6.45) is 2.29. The highest BCUT2D eigenvalue weighted by molar-refractivity contribution is 7.98. The van der Waals surface area contributed by atoms with E-state index in [1.807, 2.05) is 6.26 Å². The molecule has 0 saturated heterocycles. The molecule has 0 aromatic heterocycles. The molecule has 1 aromatic carbocycles. The van der Waals surface area contributed by atoms with E-state index in [1.165, 1.54) is 30.0 Å². The first kappa shape index (κ1) is 22.3. The Bertz CT molecular complexity index is 745. The van der Waals surface area contributed by atoms with Crippen molar-refractivity contribution in [3.63, 3.8) is 0 Å². The minimum absolute atomic E-state index is 0.0359. The smallest absolute Gasteiger partial charge is 0.312 e. The number of benzene rings is 1. The molecule has 8 nitrogen and oxygen atoms in total. The molecular formula is C16H26N4O4S2. The van der Waals surface area contributed by atoms with E-state index in [9.17, 15) is 18.0 Å². The van der Waals surface area contributed by atoms with Crippen LogP contribution in [0.15, 0.2) is 29.2 Å². The lowest BCUT2D eigenvalue weighted by atomic mass is 10.1. The Labute approximate surface area is 158 Å². The van der Waals surface area contributed by atoms with Crippen LogP contribution in [0.3, 0.4) is 0 Å². The first-order valence-corrected chi connectivity index (χ1v) is 10.8. The molecule has 0 aliphatic carbocycles. The zero-order valence-corrected chi connectivity index (χ0v) is 17.0. The van der Waals surface area contributed by atoms with E-state index < -0.39 is 33.5 Å². The highest BCUT2D eigenvalue weighted by Crippen LogP contribution is 2.18. The number of anilines is 1. The molecule has 3 amide bonds. The van der Waals surface area contributed by atoms with E-state index in [1.54, 1.807) is 26.8 Å². The van der Waals surface area contributed by atoms with Gasteiger partial charge in [0.15, 0.2) is 0 Å². The summed E-state index contributed by atoms with van der Waals surface area (Å²) in [6.45, 7) is 5.21. The molecule has 0 spiro atoms. The zero-order valence-electron chi connectivity index (χ0n) is 15.3. The quantitative estimate of drug-likeness (QED) is 0.523. The van der Waals surface area contributed by atoms with Gasteiger partial charge in [0.05, 0.1) is 4.90 Å². The van der Waals surface area contributed by atoms with Gasteiger partial charge in [-0.2, -0.15) is 11.8 Å². The van der Waals surface area contributed by atoms with Gasteiger partial charge >= 0.3 is 6.03 Å². The van der Waals surface area contributed by atoms with Crippen LogP contribution in [0.25, 0.3) is 0 Å². The van der Waals surface area contributed by atoms with Crippen molar-refractivity contribution < 1.29 is 18.0 Å². The fourth-order valence-electron chi connectivity index (χ4n) is 2.11. The second kappa shape index (κ2) is 9.24. The minimum atomic E-state index is -3.72. The third-order valence-electron chi connectivity index (χ3n) is 3.10. The van der Waals surface area contributed by atoms with Crippen LogP contribution in [-0.2, 0) is 14.8 Å². The zero-order chi connectivity index (χ0) is 20.0. The molecule has 0 saturated carbocycles. The lowest BCUT2D eigenvalue weighted by Gasteiger charge is -2.21. The number of hydrogen-bond donors (Lipinski definition) is 4. The van der Waals surface area contributed by atoms with Crippen molar-refractivity contribution in [3.05, 3.63) is 24.3 Å². The Balaban J connectivity index is 2.96. The van der Waals surface area contributed by atoms with E-state index in [2.05, 4.69) is 15.4 Å². The van der Waals surface area contributed by atoms with Crippen LogP contribution in [0, 0.1) is 0 Å². The Morgan fingerprint density at radius 1 is 1.27 bits per heavy atom. The lowest BCUT2D eigenvalue weighted by molar-refractivity contribution is -0.117. The molecule has 0 heterocycles. The Morgan fingerprint density at radius 2 is 1.92 bits per heavy atom. The number of nitrogens with two attached hydrogens (primary N) is 1. The summed E-state index contributed by atoms with van der Waals surface area (Å²) in [7, 11) is -3.72. The van der Waals surface area contributed by atoms with Crippen molar-refractivity contribution in [2.75, 3.05) is 17.3 Å². The maximum Gasteiger partial charge on any atom is 0.312 e. The molecule has 0 aliphatic heterocycles. The largest absolute Gasteiger partial charge is 0.352 e. The molecule has 10 heteroatoms. The van der Waals surface area contributed by atoms with Gasteiger partial charge in [0, 0.05) is 11.2 Å². The fourth-order valence-corrected chi connectivity index (χ4v) is 4.04. The maximum atomic E-state index is 12.4. The van der Waals surface area contributed by atoms with Crippen molar-refractivity contribution in [2.45, 2.75) is 43.7 Å². The van der Waals surface area contributed by atoms with Gasteiger partial charge < -0.3 is 16.4 Å². The van der Waals surface area contributed by atoms with Crippen LogP contribution in [0.2, 0.25) is 0 Å². The Hall–Kier alpha value is -1.78. The molecule has 146 valence electrons. The number of sulfonamides is 1. The van der Waals surface area contributed by atoms with Crippen LogP contribution in [0.5, 0.6) is 0 Å². The van der Waals surface area contributed by atoms with Crippen molar-refractivity contribution in [1.29, 1.82) is 0 Å². The van der Waals surface area contributed by atoms with E-state index in [4.69, 9.17) is 5.73 Å². The standard InChI is InChI=1S/C16H26N4O4S2/c1-16(2,3)20-26(23,24)12-7-5-6-11(10-12)18-14(21)13(8-9-25-4)19-15(17)22/h5-7,10,13,20H,8-9H2,1-4H3,(H,18,21)(H3,17,19,22)/t13-/m1/s1. The van der Waals surface area contributed by atoms with Gasteiger partial charge in [-0.15, -0.1) is 0 Å². The summed E-state index contributed by atoms with van der Waals surface area (Å²) in [5.74, 6) is 0.193. The van der Waals surface area contributed by atoms with Gasteiger partial charge in [0.25, 0.3) is 0 Å². The molecule has 0 bridgehead atoms. The second-order valence-corrected chi connectivity index (χ2v) is 9.38.